The Morgan fingerprint density at radius 1 is 0.586 bits per heavy atom. The molecule has 3 aliphatic heterocycles. The predicted molar refractivity (Wildman–Crippen MR) is 230 cm³/mol. The first-order chi connectivity index (χ1) is 28.6. The first kappa shape index (κ1) is 44.1. The van der Waals surface area contributed by atoms with Gasteiger partial charge in [0.2, 0.25) is 5.43 Å². The summed E-state index contributed by atoms with van der Waals surface area (Å²) in [6.45, 7) is 4.84. The van der Waals surface area contributed by atoms with E-state index in [2.05, 4.69) is 11.5 Å². The normalized spacial score (nSPS) is 19.9. The van der Waals surface area contributed by atoms with Crippen LogP contribution in [0.3, 0.4) is 0 Å². The lowest BCUT2D eigenvalue weighted by Gasteiger charge is -2.28. The summed E-state index contributed by atoms with van der Waals surface area (Å²) in [7, 11) is 3.29. The molecule has 6 rings (SSSR count). The fourth-order valence-electron chi connectivity index (χ4n) is 8.52. The van der Waals surface area contributed by atoms with Crippen molar-refractivity contribution >= 4 is 10.9 Å². The Balaban J connectivity index is 1.31. The van der Waals surface area contributed by atoms with Crippen LogP contribution in [0.4, 0.5) is 0 Å². The minimum Gasteiger partial charge on any atom is -0.497 e. The Morgan fingerprint density at radius 2 is 1.12 bits per heavy atom. The highest BCUT2D eigenvalue weighted by molar-refractivity contribution is 5.92. The fraction of sp³-hybridized carbons (Fsp3) is 0.688. The third-order valence-corrected chi connectivity index (χ3v) is 11.9. The molecule has 10 heteroatoms. The van der Waals surface area contributed by atoms with E-state index in [1.165, 1.54) is 77.0 Å². The van der Waals surface area contributed by atoms with Crippen molar-refractivity contribution in [3.63, 3.8) is 0 Å². The van der Waals surface area contributed by atoms with E-state index in [9.17, 15) is 0 Å². The minimum atomic E-state index is -0.538. The number of hydrogen-bond acceptors (Lipinski definition) is 9. The zero-order chi connectivity index (χ0) is 40.4. The summed E-state index contributed by atoms with van der Waals surface area (Å²) in [4.78, 5) is 15.1. The van der Waals surface area contributed by atoms with Crippen LogP contribution < -0.4 is 29.1 Å². The van der Waals surface area contributed by atoms with E-state index in [1.54, 1.807) is 14.2 Å². The van der Waals surface area contributed by atoms with Gasteiger partial charge in [-0.15, -0.1) is 0 Å². The number of aryl methyl sites for hydroxylation is 1. The number of benzene rings is 2. The van der Waals surface area contributed by atoms with Crippen molar-refractivity contribution < 1.29 is 37.9 Å². The van der Waals surface area contributed by atoms with Gasteiger partial charge >= 0.3 is 0 Å². The van der Waals surface area contributed by atoms with Crippen molar-refractivity contribution in [1.29, 1.82) is 0 Å². The molecule has 3 fully saturated rings. The van der Waals surface area contributed by atoms with Gasteiger partial charge in [0, 0.05) is 43.5 Å². The molecular formula is C48H71NO9. The molecule has 322 valence electrons. The molecule has 10 nitrogen and oxygen atoms in total. The van der Waals surface area contributed by atoms with E-state index in [-0.39, 0.29) is 17.5 Å². The standard InChI is InChI=1S/C48H71NO9/c1-4-5-6-7-8-9-10-11-12-13-14-15-16-20-29-49-38-34-37(51-2)35-41(57-43-25-18-22-31-54-43)45(38)47(50)48(58-44-26-19-23-32-55-44)46(49)36-27-28-39(40(33-36)52-3)56-42-24-17-21-30-53-42/h27-28,33-35,42-44H,4-26,29-32H2,1-3H3. The summed E-state index contributed by atoms with van der Waals surface area (Å²) >= 11 is 0. The quantitative estimate of drug-likeness (QED) is 0.0820. The summed E-state index contributed by atoms with van der Waals surface area (Å²) in [5.41, 5.74) is 1.93. The highest BCUT2D eigenvalue weighted by Gasteiger charge is 2.29. The number of hydrogen-bond donors (Lipinski definition) is 0. The van der Waals surface area contributed by atoms with E-state index in [0.29, 0.717) is 66.9 Å². The van der Waals surface area contributed by atoms with Gasteiger partial charge in [-0.05, 0) is 63.1 Å². The molecule has 0 spiro atoms. The first-order valence-corrected chi connectivity index (χ1v) is 22.9. The van der Waals surface area contributed by atoms with Gasteiger partial charge in [0.05, 0.1) is 50.6 Å². The second kappa shape index (κ2) is 24.0. The van der Waals surface area contributed by atoms with Crippen LogP contribution in [-0.2, 0) is 20.8 Å². The Bertz CT molecular complexity index is 1720. The molecular weight excluding hydrogens is 735 g/mol. The number of ether oxygens (including phenoxy) is 8. The summed E-state index contributed by atoms with van der Waals surface area (Å²) in [6.07, 6.45) is 24.9. The van der Waals surface area contributed by atoms with E-state index in [1.807, 2.05) is 30.3 Å². The lowest BCUT2D eigenvalue weighted by Crippen LogP contribution is -2.29. The van der Waals surface area contributed by atoms with Gasteiger partial charge in [-0.3, -0.25) is 4.79 Å². The summed E-state index contributed by atoms with van der Waals surface area (Å²) in [5, 5.41) is 0.455. The van der Waals surface area contributed by atoms with Crippen molar-refractivity contribution in [2.45, 2.75) is 180 Å². The lowest BCUT2D eigenvalue weighted by molar-refractivity contribution is -0.107. The molecule has 1 aromatic heterocycles. The molecule has 0 aliphatic carbocycles. The van der Waals surface area contributed by atoms with Gasteiger partial charge in [-0.1, -0.05) is 90.4 Å². The van der Waals surface area contributed by atoms with Gasteiger partial charge in [0.15, 0.2) is 36.1 Å². The number of aromatic nitrogens is 1. The molecule has 2 aromatic carbocycles. The van der Waals surface area contributed by atoms with Crippen molar-refractivity contribution in [3.05, 3.63) is 40.6 Å². The summed E-state index contributed by atoms with van der Waals surface area (Å²) < 4.78 is 51.6. The van der Waals surface area contributed by atoms with E-state index in [0.717, 1.165) is 75.3 Å². The third kappa shape index (κ3) is 12.5. The SMILES string of the molecule is CCCCCCCCCCCCCCCCn1c(-c2ccc(OC3CCCCO3)c(OC)c2)c(OC2CCCCO2)c(=O)c2c(OC3CCCCO3)cc(OC)cc21. The van der Waals surface area contributed by atoms with Crippen LogP contribution in [-0.4, -0.2) is 57.5 Å². The summed E-state index contributed by atoms with van der Waals surface area (Å²) in [5.74, 6) is 2.46. The van der Waals surface area contributed by atoms with Crippen LogP contribution in [0.5, 0.6) is 28.7 Å². The van der Waals surface area contributed by atoms with Gasteiger partial charge < -0.3 is 42.5 Å². The molecule has 0 N–H and O–H groups in total. The average molecular weight is 806 g/mol. The molecule has 0 amide bonds. The molecule has 58 heavy (non-hydrogen) atoms. The highest BCUT2D eigenvalue weighted by atomic mass is 16.7. The van der Waals surface area contributed by atoms with E-state index >= 15 is 4.79 Å². The third-order valence-electron chi connectivity index (χ3n) is 11.9. The number of rotatable bonds is 24. The van der Waals surface area contributed by atoms with Crippen LogP contribution >= 0.6 is 0 Å². The van der Waals surface area contributed by atoms with Gasteiger partial charge in [0.25, 0.3) is 0 Å². The lowest BCUT2D eigenvalue weighted by atomic mass is 10.0. The average Bonchev–Trinajstić information content (AvgIpc) is 3.26. The van der Waals surface area contributed by atoms with Gasteiger partial charge in [0.1, 0.15) is 11.5 Å². The van der Waals surface area contributed by atoms with Gasteiger partial charge in [-0.2, -0.15) is 0 Å². The highest BCUT2D eigenvalue weighted by Crippen LogP contribution is 2.41. The number of unbranched alkanes of at least 4 members (excludes halogenated alkanes) is 13. The van der Waals surface area contributed by atoms with E-state index < -0.39 is 12.6 Å². The van der Waals surface area contributed by atoms with Crippen molar-refractivity contribution in [2.75, 3.05) is 34.0 Å². The minimum absolute atomic E-state index is 0.246. The smallest absolute Gasteiger partial charge is 0.235 e. The largest absolute Gasteiger partial charge is 0.497 e. The Morgan fingerprint density at radius 3 is 1.64 bits per heavy atom. The topological polar surface area (TPSA) is 95.8 Å². The molecule has 3 aliphatic rings. The first-order valence-electron chi connectivity index (χ1n) is 22.9. The number of pyridine rings is 1. The number of methoxy groups -OCH3 is 2. The van der Waals surface area contributed by atoms with Crippen LogP contribution in [0, 0.1) is 0 Å². The van der Waals surface area contributed by atoms with Crippen LogP contribution in [0.2, 0.25) is 0 Å². The molecule has 0 bridgehead atoms. The second-order valence-corrected chi connectivity index (χ2v) is 16.4. The molecule has 4 heterocycles. The van der Waals surface area contributed by atoms with Crippen molar-refractivity contribution in [2.24, 2.45) is 0 Å². The Labute approximate surface area is 347 Å². The zero-order valence-corrected chi connectivity index (χ0v) is 35.8. The molecule has 3 atom stereocenters. The summed E-state index contributed by atoms with van der Waals surface area (Å²) in [6, 6.07) is 9.61. The monoisotopic (exact) mass is 806 g/mol. The molecule has 3 unspecified atom stereocenters. The van der Waals surface area contributed by atoms with Crippen molar-refractivity contribution in [3.8, 4) is 40.0 Å². The molecule has 3 saturated heterocycles. The maximum atomic E-state index is 15.1. The Kier molecular flexibility index (Phi) is 18.2. The maximum absolute atomic E-state index is 15.1. The van der Waals surface area contributed by atoms with E-state index in [4.69, 9.17) is 37.9 Å². The number of fused-ring (bicyclic) bond motifs is 1. The van der Waals surface area contributed by atoms with Crippen LogP contribution in [0.1, 0.15) is 155 Å². The van der Waals surface area contributed by atoms with Gasteiger partial charge in [-0.25, -0.2) is 0 Å². The molecule has 0 radical (unpaired) electrons. The second-order valence-electron chi connectivity index (χ2n) is 16.4. The Hall–Kier alpha value is -3.47. The number of nitrogens with zero attached hydrogens (tertiary/aromatic N) is 1. The van der Waals surface area contributed by atoms with Crippen molar-refractivity contribution in [1.82, 2.24) is 4.57 Å². The van der Waals surface area contributed by atoms with Crippen LogP contribution in [0.25, 0.3) is 22.2 Å². The fourth-order valence-corrected chi connectivity index (χ4v) is 8.52. The maximum Gasteiger partial charge on any atom is 0.235 e. The molecule has 3 aromatic rings. The predicted octanol–water partition coefficient (Wildman–Crippen LogP) is 11.9. The van der Waals surface area contributed by atoms with Crippen LogP contribution in [0.15, 0.2) is 35.1 Å². The zero-order valence-electron chi connectivity index (χ0n) is 35.8. The molecule has 0 saturated carbocycles.